The third kappa shape index (κ3) is 1.41. The van der Waals surface area contributed by atoms with Crippen molar-refractivity contribution >= 4 is 16.8 Å². The number of aromatic nitrogens is 1. The van der Waals surface area contributed by atoms with Gasteiger partial charge in [-0.15, -0.1) is 0 Å². The molecule has 0 atom stereocenters. The van der Waals surface area contributed by atoms with E-state index in [1.54, 1.807) is 6.07 Å². The van der Waals surface area contributed by atoms with Crippen molar-refractivity contribution in [2.24, 2.45) is 0 Å². The van der Waals surface area contributed by atoms with Crippen molar-refractivity contribution in [1.29, 1.82) is 5.26 Å². The Morgan fingerprint density at radius 1 is 1.75 bits per heavy atom. The van der Waals surface area contributed by atoms with Crippen LogP contribution in [0.3, 0.4) is 0 Å². The zero-order valence-corrected chi connectivity index (χ0v) is 6.47. The molecule has 60 valence electrons. The molecule has 0 radical (unpaired) electrons. The van der Waals surface area contributed by atoms with Gasteiger partial charge in [0.15, 0.2) is 0 Å². The molecule has 3 nitrogen and oxygen atoms in total. The van der Waals surface area contributed by atoms with Crippen LogP contribution in [-0.4, -0.2) is 10.2 Å². The Bertz CT molecular complexity index is 372. The Morgan fingerprint density at radius 2 is 2.42 bits per heavy atom. The average molecular weight is 185 g/mol. The number of carbonyl (C=O) groups is 1. The molecule has 0 saturated carbocycles. The average Bonchev–Trinajstić information content (AvgIpc) is 2.03. The van der Waals surface area contributed by atoms with Crippen LogP contribution in [0.2, 0.25) is 0 Å². The predicted molar refractivity (Wildman–Crippen MR) is 39.1 cm³/mol. The topological polar surface area (TPSA) is 53.8 Å². The number of nitriles is 1. The van der Waals surface area contributed by atoms with E-state index in [1.807, 2.05) is 0 Å². The van der Waals surface area contributed by atoms with Crippen LogP contribution in [-0.2, 0) is 0 Å². The molecule has 0 spiro atoms. The third-order valence-electron chi connectivity index (χ3n) is 1.22. The summed E-state index contributed by atoms with van der Waals surface area (Å²) in [6.07, 6.45) is 1.09. The minimum atomic E-state index is -1.02. The zero-order valence-electron chi connectivity index (χ0n) is 5.71. The van der Waals surface area contributed by atoms with Crippen molar-refractivity contribution in [2.45, 2.75) is 0 Å². The molecule has 12 heavy (non-hydrogen) atoms. The van der Waals surface area contributed by atoms with Gasteiger partial charge < -0.3 is 0 Å². The number of pyridine rings is 1. The van der Waals surface area contributed by atoms with Gasteiger partial charge in [0.25, 0.3) is 5.24 Å². The van der Waals surface area contributed by atoms with Gasteiger partial charge in [-0.05, 0) is 17.7 Å². The molecular weight excluding hydrogens is 183 g/mol. The zero-order chi connectivity index (χ0) is 9.14. The maximum atomic E-state index is 12.7. The van der Waals surface area contributed by atoms with Crippen molar-refractivity contribution in [2.75, 3.05) is 0 Å². The van der Waals surface area contributed by atoms with E-state index in [0.29, 0.717) is 0 Å². The Balaban J connectivity index is 3.42. The first kappa shape index (κ1) is 8.62. The highest BCUT2D eigenvalue weighted by molar-refractivity contribution is 6.68. The lowest BCUT2D eigenvalue weighted by atomic mass is 10.2. The number of hydrogen-bond donors (Lipinski definition) is 0. The number of carbonyl (C=O) groups excluding carboxylic acids is 1. The Labute approximate surface area is 72.4 Å². The first-order valence-corrected chi connectivity index (χ1v) is 3.29. The summed E-state index contributed by atoms with van der Waals surface area (Å²) in [6, 6.07) is 2.85. The van der Waals surface area contributed by atoms with E-state index in [2.05, 4.69) is 4.98 Å². The Kier molecular flexibility index (Phi) is 2.36. The van der Waals surface area contributed by atoms with Crippen molar-refractivity contribution in [3.63, 3.8) is 0 Å². The quantitative estimate of drug-likeness (QED) is 0.491. The van der Waals surface area contributed by atoms with E-state index in [9.17, 15) is 9.18 Å². The number of hydrogen-bond acceptors (Lipinski definition) is 3. The van der Waals surface area contributed by atoms with Crippen molar-refractivity contribution in [3.8, 4) is 6.07 Å². The summed E-state index contributed by atoms with van der Waals surface area (Å²) in [4.78, 5) is 13.8. The van der Waals surface area contributed by atoms with E-state index in [1.165, 1.54) is 6.07 Å². The van der Waals surface area contributed by atoms with E-state index in [0.717, 1.165) is 6.20 Å². The van der Waals surface area contributed by atoms with Crippen LogP contribution in [0.25, 0.3) is 0 Å². The molecule has 0 bridgehead atoms. The van der Waals surface area contributed by atoms with Gasteiger partial charge in [0.2, 0.25) is 5.95 Å². The van der Waals surface area contributed by atoms with Gasteiger partial charge >= 0.3 is 0 Å². The van der Waals surface area contributed by atoms with Crippen LogP contribution in [0.4, 0.5) is 4.39 Å². The summed E-state index contributed by atoms with van der Waals surface area (Å²) in [7, 11) is 0. The van der Waals surface area contributed by atoms with Crippen LogP contribution in [0.5, 0.6) is 0 Å². The fraction of sp³-hybridized carbons (Fsp3) is 0. The standard InChI is InChI=1S/C7H2ClFN2O/c8-6(12)5-4(3-10)1-2-11-7(5)9/h1-2H. The van der Waals surface area contributed by atoms with Gasteiger partial charge in [0, 0.05) is 6.20 Å². The molecule has 0 saturated heterocycles. The van der Waals surface area contributed by atoms with Crippen LogP contribution in [0.15, 0.2) is 12.3 Å². The van der Waals surface area contributed by atoms with Gasteiger partial charge in [-0.2, -0.15) is 9.65 Å². The summed E-state index contributed by atoms with van der Waals surface area (Å²) in [5, 5.41) is 7.42. The first-order valence-electron chi connectivity index (χ1n) is 2.91. The molecular formula is C7H2ClFN2O. The van der Waals surface area contributed by atoms with Gasteiger partial charge in [-0.3, -0.25) is 4.79 Å². The summed E-state index contributed by atoms with van der Waals surface area (Å²) >= 11 is 5.02. The van der Waals surface area contributed by atoms with Crippen molar-refractivity contribution in [1.82, 2.24) is 4.98 Å². The summed E-state index contributed by atoms with van der Waals surface area (Å²) in [6.45, 7) is 0. The first-order chi connectivity index (χ1) is 5.66. The molecule has 1 aromatic rings. The maximum Gasteiger partial charge on any atom is 0.258 e. The number of halogens is 2. The number of rotatable bonds is 1. The van der Waals surface area contributed by atoms with E-state index in [4.69, 9.17) is 16.9 Å². The molecule has 0 unspecified atom stereocenters. The minimum absolute atomic E-state index is 0.109. The summed E-state index contributed by atoms with van der Waals surface area (Å²) < 4.78 is 12.7. The second-order valence-electron chi connectivity index (χ2n) is 1.91. The fourth-order valence-electron chi connectivity index (χ4n) is 0.716. The molecule has 5 heteroatoms. The highest BCUT2D eigenvalue weighted by Crippen LogP contribution is 2.12. The van der Waals surface area contributed by atoms with Crippen LogP contribution in [0.1, 0.15) is 15.9 Å². The molecule has 0 aliphatic carbocycles. The molecule has 0 fully saturated rings. The highest BCUT2D eigenvalue weighted by Gasteiger charge is 2.15. The summed E-state index contributed by atoms with van der Waals surface area (Å²) in [5.41, 5.74) is -0.579. The van der Waals surface area contributed by atoms with E-state index >= 15 is 0 Å². The fourth-order valence-corrected chi connectivity index (χ4v) is 0.896. The van der Waals surface area contributed by atoms with Gasteiger partial charge in [-0.1, -0.05) is 0 Å². The maximum absolute atomic E-state index is 12.7. The number of nitrogens with zero attached hydrogens (tertiary/aromatic N) is 2. The highest BCUT2D eigenvalue weighted by atomic mass is 35.5. The molecule has 0 amide bonds. The van der Waals surface area contributed by atoms with E-state index < -0.39 is 16.8 Å². The Morgan fingerprint density at radius 3 is 2.83 bits per heavy atom. The Hall–Kier alpha value is -1.47. The van der Waals surface area contributed by atoms with Gasteiger partial charge in [-0.25, -0.2) is 4.98 Å². The van der Waals surface area contributed by atoms with Crippen LogP contribution >= 0.6 is 11.6 Å². The normalized spacial score (nSPS) is 9.08. The SMILES string of the molecule is N#Cc1ccnc(F)c1C(=O)Cl. The van der Waals surface area contributed by atoms with Crippen LogP contribution < -0.4 is 0 Å². The van der Waals surface area contributed by atoms with Crippen molar-refractivity contribution < 1.29 is 9.18 Å². The van der Waals surface area contributed by atoms with Crippen LogP contribution in [0, 0.1) is 17.3 Å². The second-order valence-corrected chi connectivity index (χ2v) is 2.25. The molecule has 0 aliphatic heterocycles. The predicted octanol–water partition coefficient (Wildman–Crippen LogP) is 1.47. The molecule has 0 aliphatic rings. The molecule has 1 aromatic heterocycles. The monoisotopic (exact) mass is 184 g/mol. The molecule has 0 N–H and O–H groups in total. The molecule has 0 aromatic carbocycles. The lowest BCUT2D eigenvalue weighted by molar-refractivity contribution is 0.107. The lowest BCUT2D eigenvalue weighted by Crippen LogP contribution is -2.00. The molecule has 1 heterocycles. The minimum Gasteiger partial charge on any atom is -0.275 e. The van der Waals surface area contributed by atoms with E-state index in [-0.39, 0.29) is 5.56 Å². The second kappa shape index (κ2) is 3.28. The van der Waals surface area contributed by atoms with Gasteiger partial charge in [0.05, 0.1) is 5.56 Å². The third-order valence-corrected chi connectivity index (χ3v) is 1.41. The lowest BCUT2D eigenvalue weighted by Gasteiger charge is -1.96. The largest absolute Gasteiger partial charge is 0.275 e. The smallest absolute Gasteiger partial charge is 0.258 e. The summed E-state index contributed by atoms with van der Waals surface area (Å²) in [5.74, 6) is -1.02. The van der Waals surface area contributed by atoms with Crippen molar-refractivity contribution in [3.05, 3.63) is 29.3 Å². The molecule has 1 rings (SSSR count). The van der Waals surface area contributed by atoms with Gasteiger partial charge in [0.1, 0.15) is 11.6 Å².